The van der Waals surface area contributed by atoms with Crippen LogP contribution in [0.5, 0.6) is 0 Å². The standard InChI is InChI=1S/C17H15ClFN3S/c18-17-21-15(20-11-8-6-10(19)7-9-11)14-12-4-2-1-3-5-13(12)23-16(14)22-17/h6-9H,1-5H2,(H,20,21,22). The van der Waals surface area contributed by atoms with E-state index in [-0.39, 0.29) is 11.1 Å². The van der Waals surface area contributed by atoms with E-state index in [1.54, 1.807) is 23.5 Å². The second-order valence-electron chi connectivity index (χ2n) is 5.72. The topological polar surface area (TPSA) is 37.8 Å². The Morgan fingerprint density at radius 2 is 1.83 bits per heavy atom. The molecule has 0 unspecified atom stereocenters. The molecule has 3 nitrogen and oxygen atoms in total. The lowest BCUT2D eigenvalue weighted by Crippen LogP contribution is -1.98. The summed E-state index contributed by atoms with van der Waals surface area (Å²) in [4.78, 5) is 11.1. The summed E-state index contributed by atoms with van der Waals surface area (Å²) >= 11 is 7.81. The number of hydrogen-bond acceptors (Lipinski definition) is 4. The van der Waals surface area contributed by atoms with Crippen LogP contribution >= 0.6 is 22.9 Å². The van der Waals surface area contributed by atoms with Crippen LogP contribution in [0.2, 0.25) is 5.28 Å². The van der Waals surface area contributed by atoms with Crippen molar-refractivity contribution in [2.75, 3.05) is 5.32 Å². The number of fused-ring (bicyclic) bond motifs is 3. The number of aryl methyl sites for hydroxylation is 2. The Bertz CT molecular complexity index is 860. The van der Waals surface area contributed by atoms with E-state index in [1.807, 2.05) is 0 Å². The number of anilines is 2. The summed E-state index contributed by atoms with van der Waals surface area (Å²) in [7, 11) is 0. The quantitative estimate of drug-likeness (QED) is 0.491. The fourth-order valence-electron chi connectivity index (χ4n) is 3.07. The molecule has 1 aliphatic rings. The van der Waals surface area contributed by atoms with Gasteiger partial charge in [0.05, 0.1) is 5.39 Å². The van der Waals surface area contributed by atoms with Crippen molar-refractivity contribution in [1.29, 1.82) is 0 Å². The van der Waals surface area contributed by atoms with Crippen molar-refractivity contribution in [2.24, 2.45) is 0 Å². The molecular formula is C17H15ClFN3S. The van der Waals surface area contributed by atoms with E-state index in [9.17, 15) is 4.39 Å². The second-order valence-corrected chi connectivity index (χ2v) is 7.14. The van der Waals surface area contributed by atoms with Gasteiger partial charge in [0.1, 0.15) is 16.5 Å². The molecule has 2 heterocycles. The lowest BCUT2D eigenvalue weighted by molar-refractivity contribution is 0.628. The molecule has 3 aromatic rings. The van der Waals surface area contributed by atoms with Gasteiger partial charge >= 0.3 is 0 Å². The highest BCUT2D eigenvalue weighted by Crippen LogP contribution is 2.39. The van der Waals surface area contributed by atoms with Gasteiger partial charge in [-0.3, -0.25) is 0 Å². The van der Waals surface area contributed by atoms with Crippen LogP contribution in [0.1, 0.15) is 29.7 Å². The molecule has 1 aromatic carbocycles. The number of halogens is 2. The third-order valence-corrected chi connectivity index (χ3v) is 5.50. The molecule has 6 heteroatoms. The van der Waals surface area contributed by atoms with Crippen LogP contribution in [-0.2, 0) is 12.8 Å². The van der Waals surface area contributed by atoms with E-state index in [2.05, 4.69) is 15.3 Å². The van der Waals surface area contributed by atoms with Crippen LogP contribution in [0.25, 0.3) is 10.2 Å². The smallest absolute Gasteiger partial charge is 0.225 e. The van der Waals surface area contributed by atoms with E-state index in [0.717, 1.165) is 28.7 Å². The van der Waals surface area contributed by atoms with Gasteiger partial charge in [0.15, 0.2) is 0 Å². The number of aromatic nitrogens is 2. The van der Waals surface area contributed by atoms with Crippen LogP contribution in [0, 0.1) is 5.82 Å². The van der Waals surface area contributed by atoms with Crippen molar-refractivity contribution < 1.29 is 4.39 Å². The van der Waals surface area contributed by atoms with Gasteiger partial charge in [0.2, 0.25) is 5.28 Å². The van der Waals surface area contributed by atoms with Gasteiger partial charge in [-0.25, -0.2) is 9.37 Å². The first-order valence-corrected chi connectivity index (χ1v) is 8.90. The number of rotatable bonds is 2. The molecule has 0 saturated heterocycles. The van der Waals surface area contributed by atoms with Gasteiger partial charge in [0, 0.05) is 10.6 Å². The first-order valence-electron chi connectivity index (χ1n) is 7.71. The maximum atomic E-state index is 13.1. The highest BCUT2D eigenvalue weighted by atomic mass is 35.5. The molecule has 4 rings (SSSR count). The van der Waals surface area contributed by atoms with Gasteiger partial charge in [-0.05, 0) is 67.1 Å². The maximum absolute atomic E-state index is 13.1. The number of nitrogens with zero attached hydrogens (tertiary/aromatic N) is 2. The average Bonchev–Trinajstić information content (AvgIpc) is 2.71. The van der Waals surface area contributed by atoms with E-state index < -0.39 is 0 Å². The van der Waals surface area contributed by atoms with Crippen molar-refractivity contribution in [2.45, 2.75) is 32.1 Å². The second kappa shape index (κ2) is 6.06. The lowest BCUT2D eigenvalue weighted by Gasteiger charge is -2.09. The van der Waals surface area contributed by atoms with Gasteiger partial charge in [-0.2, -0.15) is 4.98 Å². The van der Waals surface area contributed by atoms with E-state index in [4.69, 9.17) is 11.6 Å². The van der Waals surface area contributed by atoms with E-state index in [0.29, 0.717) is 5.82 Å². The van der Waals surface area contributed by atoms with Gasteiger partial charge < -0.3 is 5.32 Å². The minimum atomic E-state index is -0.259. The maximum Gasteiger partial charge on any atom is 0.225 e. The fourth-order valence-corrected chi connectivity index (χ4v) is 4.55. The van der Waals surface area contributed by atoms with Gasteiger partial charge in [-0.15, -0.1) is 11.3 Å². The molecule has 0 atom stereocenters. The summed E-state index contributed by atoms with van der Waals surface area (Å²) < 4.78 is 13.1. The Balaban J connectivity index is 1.84. The van der Waals surface area contributed by atoms with Gasteiger partial charge in [-0.1, -0.05) is 6.42 Å². The Morgan fingerprint density at radius 1 is 1.04 bits per heavy atom. The van der Waals surface area contributed by atoms with Crippen molar-refractivity contribution in [3.63, 3.8) is 0 Å². The van der Waals surface area contributed by atoms with Crippen LogP contribution in [0.4, 0.5) is 15.9 Å². The zero-order valence-electron chi connectivity index (χ0n) is 12.4. The molecule has 0 fully saturated rings. The minimum Gasteiger partial charge on any atom is -0.340 e. The predicted octanol–water partition coefficient (Wildman–Crippen LogP) is 5.50. The highest BCUT2D eigenvalue weighted by Gasteiger charge is 2.20. The number of thiophene rings is 1. The van der Waals surface area contributed by atoms with Crippen molar-refractivity contribution >= 4 is 44.7 Å². The molecule has 0 radical (unpaired) electrons. The first kappa shape index (κ1) is 14.8. The van der Waals surface area contributed by atoms with Crippen LogP contribution < -0.4 is 5.32 Å². The molecule has 0 bridgehead atoms. The SMILES string of the molecule is Fc1ccc(Nc2nc(Cl)nc3sc4c(c23)CCCCC4)cc1. The van der Waals surface area contributed by atoms with E-state index in [1.165, 1.54) is 41.8 Å². The molecule has 118 valence electrons. The number of hydrogen-bond donors (Lipinski definition) is 1. The van der Waals surface area contributed by atoms with E-state index >= 15 is 0 Å². The largest absolute Gasteiger partial charge is 0.340 e. The summed E-state index contributed by atoms with van der Waals surface area (Å²) in [6, 6.07) is 6.25. The Morgan fingerprint density at radius 3 is 2.65 bits per heavy atom. The van der Waals surface area contributed by atoms with Crippen molar-refractivity contribution in [3.05, 3.63) is 45.8 Å². The molecular weight excluding hydrogens is 333 g/mol. The summed E-state index contributed by atoms with van der Waals surface area (Å²) in [5.41, 5.74) is 2.14. The third-order valence-electron chi connectivity index (χ3n) is 4.14. The van der Waals surface area contributed by atoms with Crippen LogP contribution in [0.3, 0.4) is 0 Å². The third kappa shape index (κ3) is 2.91. The van der Waals surface area contributed by atoms with Crippen LogP contribution in [-0.4, -0.2) is 9.97 Å². The zero-order chi connectivity index (χ0) is 15.8. The monoisotopic (exact) mass is 347 g/mol. The average molecular weight is 348 g/mol. The number of benzene rings is 1. The first-order chi connectivity index (χ1) is 11.2. The molecule has 23 heavy (non-hydrogen) atoms. The molecule has 0 aliphatic heterocycles. The molecule has 1 N–H and O–H groups in total. The Kier molecular flexibility index (Phi) is 3.91. The Hall–Kier alpha value is -1.72. The molecule has 0 amide bonds. The predicted molar refractivity (Wildman–Crippen MR) is 93.4 cm³/mol. The lowest BCUT2D eigenvalue weighted by atomic mass is 10.1. The molecule has 2 aromatic heterocycles. The Labute approximate surface area is 142 Å². The van der Waals surface area contributed by atoms with Gasteiger partial charge in [0.25, 0.3) is 0 Å². The highest BCUT2D eigenvalue weighted by molar-refractivity contribution is 7.19. The zero-order valence-corrected chi connectivity index (χ0v) is 14.0. The fraction of sp³-hybridized carbons (Fsp3) is 0.294. The normalized spacial score (nSPS) is 14.5. The molecule has 0 spiro atoms. The van der Waals surface area contributed by atoms with Crippen molar-refractivity contribution in [3.8, 4) is 0 Å². The number of nitrogens with one attached hydrogen (secondary N) is 1. The summed E-state index contributed by atoms with van der Waals surface area (Å²) in [5.74, 6) is 0.455. The van der Waals surface area contributed by atoms with Crippen LogP contribution in [0.15, 0.2) is 24.3 Å². The van der Waals surface area contributed by atoms with Crippen molar-refractivity contribution in [1.82, 2.24) is 9.97 Å². The summed E-state index contributed by atoms with van der Waals surface area (Å²) in [6.07, 6.45) is 5.83. The molecule has 0 saturated carbocycles. The summed E-state index contributed by atoms with van der Waals surface area (Å²) in [5, 5.41) is 4.58. The minimum absolute atomic E-state index is 0.235. The molecule has 1 aliphatic carbocycles. The summed E-state index contributed by atoms with van der Waals surface area (Å²) in [6.45, 7) is 0.